The van der Waals surface area contributed by atoms with E-state index in [1.54, 1.807) is 31.4 Å². The third-order valence-electron chi connectivity index (χ3n) is 3.30. The van der Waals surface area contributed by atoms with E-state index in [9.17, 15) is 4.79 Å². The highest BCUT2D eigenvalue weighted by atomic mass is 79.9. The first kappa shape index (κ1) is 15.1. The van der Waals surface area contributed by atoms with Crippen LogP contribution in [0.5, 0.6) is 5.75 Å². The van der Waals surface area contributed by atoms with Crippen LogP contribution in [0.25, 0.3) is 0 Å². The number of carbonyl (C=O) groups excluding carboxylic acids is 1. The summed E-state index contributed by atoms with van der Waals surface area (Å²) in [6.07, 6.45) is 0. The predicted molar refractivity (Wildman–Crippen MR) is 85.1 cm³/mol. The summed E-state index contributed by atoms with van der Waals surface area (Å²) in [6, 6.07) is 8.92. The van der Waals surface area contributed by atoms with Gasteiger partial charge in [0.2, 0.25) is 0 Å². The van der Waals surface area contributed by atoms with E-state index in [4.69, 9.17) is 16.3 Å². The molecule has 0 saturated heterocycles. The minimum absolute atomic E-state index is 0.142. The Morgan fingerprint density at radius 1 is 1.15 bits per heavy atom. The second-order valence-corrected chi connectivity index (χ2v) is 5.86. The Morgan fingerprint density at radius 3 is 2.50 bits per heavy atom. The van der Waals surface area contributed by atoms with E-state index in [1.807, 2.05) is 19.9 Å². The van der Waals surface area contributed by atoms with Crippen molar-refractivity contribution in [1.82, 2.24) is 0 Å². The number of benzene rings is 2. The van der Waals surface area contributed by atoms with Gasteiger partial charge in [0.05, 0.1) is 17.7 Å². The van der Waals surface area contributed by atoms with Gasteiger partial charge in [-0.15, -0.1) is 0 Å². The fourth-order valence-corrected chi connectivity index (χ4v) is 2.61. The maximum Gasteiger partial charge on any atom is 0.198 e. The van der Waals surface area contributed by atoms with Crippen LogP contribution in [0.4, 0.5) is 0 Å². The Hall–Kier alpha value is -1.32. The Morgan fingerprint density at radius 2 is 1.85 bits per heavy atom. The first-order chi connectivity index (χ1) is 9.45. The van der Waals surface area contributed by atoms with Crippen molar-refractivity contribution in [2.45, 2.75) is 13.8 Å². The zero-order valence-corrected chi connectivity index (χ0v) is 13.8. The average Bonchev–Trinajstić information content (AvgIpc) is 2.43. The Balaban J connectivity index is 2.59. The maximum atomic E-state index is 12.7. The molecular formula is C16H14BrClO2. The molecule has 2 aromatic carbocycles. The fraction of sp³-hybridized carbons (Fsp3) is 0.188. The largest absolute Gasteiger partial charge is 0.496 e. The Bertz CT molecular complexity index is 680. The van der Waals surface area contributed by atoms with Crippen LogP contribution in [-0.2, 0) is 0 Å². The van der Waals surface area contributed by atoms with Crippen LogP contribution in [0.15, 0.2) is 34.8 Å². The molecule has 0 heterocycles. The van der Waals surface area contributed by atoms with Gasteiger partial charge in [-0.2, -0.15) is 0 Å². The molecule has 0 aliphatic carbocycles. The molecule has 20 heavy (non-hydrogen) atoms. The van der Waals surface area contributed by atoms with Gasteiger partial charge in [-0.1, -0.05) is 33.6 Å². The predicted octanol–water partition coefficient (Wildman–Crippen LogP) is 4.96. The number of carbonyl (C=O) groups is 1. The molecular weight excluding hydrogens is 340 g/mol. The molecule has 4 heteroatoms. The molecule has 2 aromatic rings. The van der Waals surface area contributed by atoms with Gasteiger partial charge in [-0.05, 0) is 49.2 Å². The SMILES string of the molecule is COc1c(C(=O)c2cc(Br)ccc2Cl)ccc(C)c1C. The zero-order valence-electron chi connectivity index (χ0n) is 11.5. The first-order valence-electron chi connectivity index (χ1n) is 6.09. The molecule has 104 valence electrons. The highest BCUT2D eigenvalue weighted by Gasteiger charge is 2.19. The van der Waals surface area contributed by atoms with E-state index >= 15 is 0 Å². The summed E-state index contributed by atoms with van der Waals surface area (Å²) < 4.78 is 6.21. The molecule has 0 fully saturated rings. The lowest BCUT2D eigenvalue weighted by molar-refractivity contribution is 0.103. The first-order valence-corrected chi connectivity index (χ1v) is 7.26. The lowest BCUT2D eigenvalue weighted by Crippen LogP contribution is -2.06. The van der Waals surface area contributed by atoms with Gasteiger partial charge in [-0.25, -0.2) is 0 Å². The van der Waals surface area contributed by atoms with Gasteiger partial charge >= 0.3 is 0 Å². The molecule has 0 amide bonds. The molecule has 0 N–H and O–H groups in total. The quantitative estimate of drug-likeness (QED) is 0.729. The van der Waals surface area contributed by atoms with Crippen molar-refractivity contribution in [2.75, 3.05) is 7.11 Å². The van der Waals surface area contributed by atoms with E-state index in [0.717, 1.165) is 15.6 Å². The van der Waals surface area contributed by atoms with Crippen molar-refractivity contribution in [3.63, 3.8) is 0 Å². The molecule has 2 nitrogen and oxygen atoms in total. The smallest absolute Gasteiger partial charge is 0.198 e. The zero-order chi connectivity index (χ0) is 14.9. The maximum absolute atomic E-state index is 12.7. The third-order valence-corrected chi connectivity index (χ3v) is 4.12. The lowest BCUT2D eigenvalue weighted by atomic mass is 9.97. The second kappa shape index (κ2) is 5.98. The Labute approximate surface area is 131 Å². The number of hydrogen-bond donors (Lipinski definition) is 0. The van der Waals surface area contributed by atoms with Crippen LogP contribution >= 0.6 is 27.5 Å². The van der Waals surface area contributed by atoms with E-state index in [-0.39, 0.29) is 5.78 Å². The summed E-state index contributed by atoms with van der Waals surface area (Å²) in [5, 5.41) is 0.429. The van der Waals surface area contributed by atoms with Crippen molar-refractivity contribution in [2.24, 2.45) is 0 Å². The highest BCUT2D eigenvalue weighted by Crippen LogP contribution is 2.31. The molecule has 0 aliphatic rings. The number of aryl methyl sites for hydroxylation is 1. The molecule has 0 saturated carbocycles. The number of ketones is 1. The van der Waals surface area contributed by atoms with Crippen LogP contribution in [0.1, 0.15) is 27.0 Å². The monoisotopic (exact) mass is 352 g/mol. The average molecular weight is 354 g/mol. The van der Waals surface area contributed by atoms with E-state index in [1.165, 1.54) is 0 Å². The van der Waals surface area contributed by atoms with Crippen LogP contribution in [0, 0.1) is 13.8 Å². The fourth-order valence-electron chi connectivity index (χ4n) is 2.05. The Kier molecular flexibility index (Phi) is 4.51. The van der Waals surface area contributed by atoms with Crippen LogP contribution in [0.3, 0.4) is 0 Å². The van der Waals surface area contributed by atoms with Gasteiger partial charge in [0.1, 0.15) is 5.75 Å². The minimum atomic E-state index is -0.142. The van der Waals surface area contributed by atoms with Crippen LogP contribution < -0.4 is 4.74 Å². The van der Waals surface area contributed by atoms with E-state index in [0.29, 0.717) is 21.9 Å². The van der Waals surface area contributed by atoms with Gasteiger partial charge in [0, 0.05) is 10.0 Å². The molecule has 0 aromatic heterocycles. The van der Waals surface area contributed by atoms with Gasteiger partial charge < -0.3 is 4.74 Å². The van der Waals surface area contributed by atoms with E-state index < -0.39 is 0 Å². The number of halogens is 2. The number of methoxy groups -OCH3 is 1. The molecule has 0 unspecified atom stereocenters. The van der Waals surface area contributed by atoms with Crippen molar-refractivity contribution in [1.29, 1.82) is 0 Å². The van der Waals surface area contributed by atoms with Gasteiger partial charge in [0.25, 0.3) is 0 Å². The topological polar surface area (TPSA) is 26.3 Å². The van der Waals surface area contributed by atoms with Crippen molar-refractivity contribution >= 4 is 33.3 Å². The van der Waals surface area contributed by atoms with Crippen LogP contribution in [0.2, 0.25) is 5.02 Å². The lowest BCUT2D eigenvalue weighted by Gasteiger charge is -2.13. The van der Waals surface area contributed by atoms with Gasteiger partial charge in [-0.3, -0.25) is 4.79 Å². The highest BCUT2D eigenvalue weighted by molar-refractivity contribution is 9.10. The van der Waals surface area contributed by atoms with Crippen LogP contribution in [-0.4, -0.2) is 12.9 Å². The summed E-state index contributed by atoms with van der Waals surface area (Å²) in [5.74, 6) is 0.460. The molecule has 0 aliphatic heterocycles. The number of rotatable bonds is 3. The van der Waals surface area contributed by atoms with E-state index in [2.05, 4.69) is 15.9 Å². The number of hydrogen-bond acceptors (Lipinski definition) is 2. The second-order valence-electron chi connectivity index (χ2n) is 4.54. The minimum Gasteiger partial charge on any atom is -0.496 e. The molecule has 2 rings (SSSR count). The molecule has 0 bridgehead atoms. The summed E-state index contributed by atoms with van der Waals surface area (Å²) in [6.45, 7) is 3.92. The summed E-state index contributed by atoms with van der Waals surface area (Å²) in [5.41, 5.74) is 3.03. The molecule has 0 spiro atoms. The normalized spacial score (nSPS) is 10.4. The van der Waals surface area contributed by atoms with Crippen molar-refractivity contribution < 1.29 is 9.53 Å². The standard InChI is InChI=1S/C16H14BrClO2/c1-9-4-6-12(16(20-3)10(9)2)15(19)13-8-11(17)5-7-14(13)18/h4-8H,1-3H3. The summed E-state index contributed by atoms with van der Waals surface area (Å²) >= 11 is 9.48. The van der Waals surface area contributed by atoms with Crippen molar-refractivity contribution in [3.05, 3.63) is 62.1 Å². The number of ether oxygens (including phenoxy) is 1. The van der Waals surface area contributed by atoms with Gasteiger partial charge in [0.15, 0.2) is 5.78 Å². The summed E-state index contributed by atoms with van der Waals surface area (Å²) in [7, 11) is 1.57. The molecule has 0 radical (unpaired) electrons. The van der Waals surface area contributed by atoms with Crippen molar-refractivity contribution in [3.8, 4) is 5.75 Å². The third kappa shape index (κ3) is 2.74. The molecule has 0 atom stereocenters. The summed E-state index contributed by atoms with van der Waals surface area (Å²) in [4.78, 5) is 12.7.